The summed E-state index contributed by atoms with van der Waals surface area (Å²) in [6.07, 6.45) is 1.76. The molecule has 0 aliphatic carbocycles. The monoisotopic (exact) mass is 313 g/mol. The van der Waals surface area contributed by atoms with E-state index in [0.717, 1.165) is 38.2 Å². The van der Waals surface area contributed by atoms with Crippen LogP contribution in [0, 0.1) is 5.92 Å². The van der Waals surface area contributed by atoms with Gasteiger partial charge < -0.3 is 9.47 Å². The van der Waals surface area contributed by atoms with Crippen LogP contribution in [0.25, 0.3) is 10.8 Å². The second-order valence-electron chi connectivity index (χ2n) is 6.00. The highest BCUT2D eigenvalue weighted by atomic mass is 16.5. The Morgan fingerprint density at radius 1 is 1.13 bits per heavy atom. The number of ether oxygens (including phenoxy) is 2. The largest absolute Gasteiger partial charge is 0.492 e. The SMILES string of the molecule is COC(=O)C1CCN(CCOc2ccc3ccccc3c2)CC1. The van der Waals surface area contributed by atoms with Crippen molar-refractivity contribution in [2.75, 3.05) is 33.4 Å². The van der Waals surface area contributed by atoms with Gasteiger partial charge in [-0.2, -0.15) is 0 Å². The number of carbonyl (C=O) groups is 1. The van der Waals surface area contributed by atoms with Gasteiger partial charge in [-0.1, -0.05) is 30.3 Å². The van der Waals surface area contributed by atoms with E-state index in [0.29, 0.717) is 6.61 Å². The normalized spacial score (nSPS) is 16.4. The molecule has 1 saturated heterocycles. The molecule has 0 amide bonds. The van der Waals surface area contributed by atoms with E-state index < -0.39 is 0 Å². The first kappa shape index (κ1) is 15.8. The average molecular weight is 313 g/mol. The van der Waals surface area contributed by atoms with Crippen LogP contribution < -0.4 is 4.74 Å². The van der Waals surface area contributed by atoms with E-state index in [-0.39, 0.29) is 11.9 Å². The van der Waals surface area contributed by atoms with Crippen LogP contribution in [0.1, 0.15) is 12.8 Å². The summed E-state index contributed by atoms with van der Waals surface area (Å²) >= 11 is 0. The maximum Gasteiger partial charge on any atom is 0.308 e. The van der Waals surface area contributed by atoms with Gasteiger partial charge in [0.25, 0.3) is 0 Å². The van der Waals surface area contributed by atoms with Gasteiger partial charge in [-0.15, -0.1) is 0 Å². The van der Waals surface area contributed by atoms with Gasteiger partial charge in [-0.25, -0.2) is 0 Å². The fourth-order valence-electron chi connectivity index (χ4n) is 3.11. The van der Waals surface area contributed by atoms with Gasteiger partial charge in [-0.05, 0) is 48.8 Å². The summed E-state index contributed by atoms with van der Waals surface area (Å²) in [6, 6.07) is 14.5. The third kappa shape index (κ3) is 4.02. The number of hydrogen-bond donors (Lipinski definition) is 0. The van der Waals surface area contributed by atoms with Crippen LogP contribution in [-0.4, -0.2) is 44.2 Å². The molecule has 2 aromatic rings. The highest BCUT2D eigenvalue weighted by molar-refractivity contribution is 5.83. The van der Waals surface area contributed by atoms with Crippen molar-refractivity contribution < 1.29 is 14.3 Å². The van der Waals surface area contributed by atoms with Gasteiger partial charge in [0.05, 0.1) is 13.0 Å². The van der Waals surface area contributed by atoms with Gasteiger partial charge in [-0.3, -0.25) is 9.69 Å². The Morgan fingerprint density at radius 3 is 2.61 bits per heavy atom. The van der Waals surface area contributed by atoms with E-state index in [1.54, 1.807) is 0 Å². The number of carbonyl (C=O) groups excluding carboxylic acids is 1. The van der Waals surface area contributed by atoms with Crippen LogP contribution in [0.15, 0.2) is 42.5 Å². The van der Waals surface area contributed by atoms with Crippen LogP contribution in [0.4, 0.5) is 0 Å². The maximum absolute atomic E-state index is 11.5. The summed E-state index contributed by atoms with van der Waals surface area (Å²) in [5.41, 5.74) is 0. The molecule has 1 aliphatic heterocycles. The summed E-state index contributed by atoms with van der Waals surface area (Å²) in [4.78, 5) is 13.9. The number of piperidine rings is 1. The minimum absolute atomic E-state index is 0.0673. The van der Waals surface area contributed by atoms with E-state index >= 15 is 0 Å². The van der Waals surface area contributed by atoms with Gasteiger partial charge >= 0.3 is 5.97 Å². The van der Waals surface area contributed by atoms with E-state index in [1.165, 1.54) is 17.9 Å². The molecule has 0 spiro atoms. The molecule has 1 heterocycles. The van der Waals surface area contributed by atoms with Crippen molar-refractivity contribution in [2.45, 2.75) is 12.8 Å². The molecular formula is C19H23NO3. The molecule has 4 nitrogen and oxygen atoms in total. The van der Waals surface area contributed by atoms with E-state index in [4.69, 9.17) is 9.47 Å². The Hall–Kier alpha value is -2.07. The van der Waals surface area contributed by atoms with Crippen molar-refractivity contribution >= 4 is 16.7 Å². The molecule has 3 rings (SSSR count). The predicted octanol–water partition coefficient (Wildman–Crippen LogP) is 3.10. The van der Waals surface area contributed by atoms with E-state index in [2.05, 4.69) is 29.2 Å². The third-order valence-electron chi connectivity index (χ3n) is 4.52. The molecule has 0 bridgehead atoms. The Bertz CT molecular complexity index is 662. The number of fused-ring (bicyclic) bond motifs is 1. The van der Waals surface area contributed by atoms with Crippen molar-refractivity contribution in [1.82, 2.24) is 4.90 Å². The standard InChI is InChI=1S/C19H23NO3/c1-22-19(21)16-8-10-20(11-9-16)12-13-23-18-7-6-15-4-2-3-5-17(15)14-18/h2-7,14,16H,8-13H2,1H3. The molecule has 0 radical (unpaired) electrons. The molecular weight excluding hydrogens is 290 g/mol. The molecule has 4 heteroatoms. The zero-order valence-electron chi connectivity index (χ0n) is 13.5. The number of nitrogens with zero attached hydrogens (tertiary/aromatic N) is 1. The molecule has 0 aromatic heterocycles. The summed E-state index contributed by atoms with van der Waals surface area (Å²) in [7, 11) is 1.46. The van der Waals surface area contributed by atoms with Crippen LogP contribution in [0.3, 0.4) is 0 Å². The molecule has 1 aliphatic rings. The zero-order chi connectivity index (χ0) is 16.1. The number of rotatable bonds is 5. The maximum atomic E-state index is 11.5. The fraction of sp³-hybridized carbons (Fsp3) is 0.421. The van der Waals surface area contributed by atoms with E-state index in [1.807, 2.05) is 18.2 Å². The van der Waals surface area contributed by atoms with Crippen LogP contribution in [-0.2, 0) is 9.53 Å². The summed E-state index contributed by atoms with van der Waals surface area (Å²) in [6.45, 7) is 3.42. The summed E-state index contributed by atoms with van der Waals surface area (Å²) in [5, 5.41) is 2.42. The van der Waals surface area contributed by atoms with Crippen molar-refractivity contribution in [2.24, 2.45) is 5.92 Å². The Labute approximate surface area is 137 Å². The van der Waals surface area contributed by atoms with Crippen molar-refractivity contribution in [3.63, 3.8) is 0 Å². The zero-order valence-corrected chi connectivity index (χ0v) is 13.5. The molecule has 0 unspecified atom stereocenters. The number of likely N-dealkylation sites (tertiary alicyclic amines) is 1. The first-order chi connectivity index (χ1) is 11.3. The van der Waals surface area contributed by atoms with Crippen LogP contribution >= 0.6 is 0 Å². The molecule has 2 aromatic carbocycles. The minimum atomic E-state index is -0.0722. The second-order valence-corrected chi connectivity index (χ2v) is 6.00. The van der Waals surface area contributed by atoms with Gasteiger partial charge in [0.2, 0.25) is 0 Å². The lowest BCUT2D eigenvalue weighted by Gasteiger charge is -2.30. The quantitative estimate of drug-likeness (QED) is 0.795. The molecule has 0 atom stereocenters. The molecule has 23 heavy (non-hydrogen) atoms. The van der Waals surface area contributed by atoms with E-state index in [9.17, 15) is 4.79 Å². The summed E-state index contributed by atoms with van der Waals surface area (Å²) in [5.74, 6) is 0.905. The highest BCUT2D eigenvalue weighted by Crippen LogP contribution is 2.21. The van der Waals surface area contributed by atoms with Gasteiger partial charge in [0.15, 0.2) is 0 Å². The third-order valence-corrected chi connectivity index (χ3v) is 4.52. The predicted molar refractivity (Wildman–Crippen MR) is 90.6 cm³/mol. The van der Waals surface area contributed by atoms with Crippen molar-refractivity contribution in [1.29, 1.82) is 0 Å². The van der Waals surface area contributed by atoms with Crippen molar-refractivity contribution in [3.05, 3.63) is 42.5 Å². The lowest BCUT2D eigenvalue weighted by Crippen LogP contribution is -2.38. The lowest BCUT2D eigenvalue weighted by atomic mass is 9.97. The number of esters is 1. The number of methoxy groups -OCH3 is 1. The first-order valence-electron chi connectivity index (χ1n) is 8.18. The van der Waals surface area contributed by atoms with Gasteiger partial charge in [0.1, 0.15) is 12.4 Å². The Balaban J connectivity index is 1.45. The van der Waals surface area contributed by atoms with Gasteiger partial charge in [0, 0.05) is 6.54 Å². The minimum Gasteiger partial charge on any atom is -0.492 e. The number of benzene rings is 2. The summed E-state index contributed by atoms with van der Waals surface area (Å²) < 4.78 is 10.7. The smallest absolute Gasteiger partial charge is 0.308 e. The first-order valence-corrected chi connectivity index (χ1v) is 8.18. The molecule has 0 saturated carbocycles. The van der Waals surface area contributed by atoms with Crippen LogP contribution in [0.2, 0.25) is 0 Å². The second kappa shape index (κ2) is 7.47. The highest BCUT2D eigenvalue weighted by Gasteiger charge is 2.25. The Kier molecular flexibility index (Phi) is 5.13. The average Bonchev–Trinajstić information content (AvgIpc) is 2.61. The Morgan fingerprint density at radius 2 is 1.87 bits per heavy atom. The topological polar surface area (TPSA) is 38.8 Å². The molecule has 0 N–H and O–H groups in total. The molecule has 122 valence electrons. The molecule has 1 fully saturated rings. The number of hydrogen-bond acceptors (Lipinski definition) is 4. The van der Waals surface area contributed by atoms with Crippen molar-refractivity contribution in [3.8, 4) is 5.75 Å². The fourth-order valence-corrected chi connectivity index (χ4v) is 3.11. The van der Waals surface area contributed by atoms with Crippen LogP contribution in [0.5, 0.6) is 5.75 Å². The lowest BCUT2D eigenvalue weighted by molar-refractivity contribution is -0.147.